The van der Waals surface area contributed by atoms with E-state index in [1.807, 2.05) is 78.9 Å². The van der Waals surface area contributed by atoms with Crippen LogP contribution in [0.1, 0.15) is 22.1 Å². The van der Waals surface area contributed by atoms with E-state index in [1.165, 1.54) is 35.7 Å². The summed E-state index contributed by atoms with van der Waals surface area (Å²) in [4.78, 5) is 26.5. The summed E-state index contributed by atoms with van der Waals surface area (Å²) >= 11 is 1.36. The van der Waals surface area contributed by atoms with E-state index in [1.54, 1.807) is 14.2 Å². The van der Waals surface area contributed by atoms with Gasteiger partial charge in [-0.2, -0.15) is 0 Å². The average molecular weight is 577 g/mol. The van der Waals surface area contributed by atoms with E-state index in [2.05, 4.69) is 4.98 Å². The highest BCUT2D eigenvalue weighted by atomic mass is 32.2. The number of rotatable bonds is 10. The first-order valence-corrected chi connectivity index (χ1v) is 14.0. The molecule has 9 nitrogen and oxygen atoms in total. The maximum atomic E-state index is 12.6. The fraction of sp³-hybridized carbons (Fsp3) is 0.290. The quantitative estimate of drug-likeness (QED) is 0.276. The number of aromatic nitrogens is 2. The number of thioether (sulfide) groups is 1. The van der Waals surface area contributed by atoms with E-state index >= 15 is 0 Å². The highest BCUT2D eigenvalue weighted by molar-refractivity contribution is 8.00. The Balaban J connectivity index is 1.57. The first-order chi connectivity index (χ1) is 19.9. The molecule has 1 aliphatic heterocycles. The molecule has 214 valence electrons. The number of hydrogen-bond acceptors (Lipinski definition) is 8. The van der Waals surface area contributed by atoms with Crippen molar-refractivity contribution in [2.45, 2.75) is 28.4 Å². The zero-order valence-electron chi connectivity index (χ0n) is 22.9. The van der Waals surface area contributed by atoms with Crippen LogP contribution in [0.2, 0.25) is 0 Å². The Morgan fingerprint density at radius 3 is 1.90 bits per heavy atom. The smallest absolute Gasteiger partial charge is 0.329 e. The molecule has 41 heavy (non-hydrogen) atoms. The number of H-pyrrole nitrogens is 1. The molecule has 2 unspecified atom stereocenters. The Morgan fingerprint density at radius 2 is 1.39 bits per heavy atom. The topological polar surface area (TPSA) is 112 Å². The molecule has 2 N–H and O–H groups in total. The molecule has 1 aliphatic rings. The van der Waals surface area contributed by atoms with Gasteiger partial charge >= 0.3 is 5.69 Å². The summed E-state index contributed by atoms with van der Waals surface area (Å²) in [5.41, 5.74) is 0.503. The van der Waals surface area contributed by atoms with Gasteiger partial charge in [-0.05, 0) is 41.0 Å². The number of nitrogens with one attached hydrogen (secondary N) is 1. The van der Waals surface area contributed by atoms with Crippen molar-refractivity contribution in [2.75, 3.05) is 27.9 Å². The second-order valence-corrected chi connectivity index (χ2v) is 10.9. The fourth-order valence-electron chi connectivity index (χ4n) is 5.24. The minimum Gasteiger partial charge on any atom is -0.497 e. The van der Waals surface area contributed by atoms with Gasteiger partial charge in [-0.3, -0.25) is 14.3 Å². The van der Waals surface area contributed by atoms with Crippen LogP contribution in [-0.4, -0.2) is 60.1 Å². The highest BCUT2D eigenvalue weighted by Gasteiger charge is 2.47. The number of methoxy groups -OCH3 is 3. The van der Waals surface area contributed by atoms with Gasteiger partial charge < -0.3 is 24.1 Å². The number of nitrogens with zero attached hydrogens (tertiary/aromatic N) is 1. The van der Waals surface area contributed by atoms with E-state index in [0.717, 1.165) is 16.7 Å². The van der Waals surface area contributed by atoms with Crippen LogP contribution in [0.15, 0.2) is 101 Å². The maximum Gasteiger partial charge on any atom is 0.329 e. The van der Waals surface area contributed by atoms with Crippen molar-refractivity contribution in [2.24, 2.45) is 0 Å². The lowest BCUT2D eigenvalue weighted by Gasteiger charge is -2.37. The summed E-state index contributed by atoms with van der Waals surface area (Å²) in [7, 11) is 4.73. The minimum absolute atomic E-state index is 0.118. The molecule has 1 saturated heterocycles. The van der Waals surface area contributed by atoms with Crippen LogP contribution in [-0.2, 0) is 15.1 Å². The number of ether oxygens (including phenoxy) is 4. The predicted molar refractivity (Wildman–Crippen MR) is 157 cm³/mol. The van der Waals surface area contributed by atoms with Crippen molar-refractivity contribution in [3.63, 3.8) is 0 Å². The molecule has 1 aromatic heterocycles. The molecule has 10 heteroatoms. The monoisotopic (exact) mass is 576 g/mol. The van der Waals surface area contributed by atoms with Gasteiger partial charge in [0, 0.05) is 19.4 Å². The summed E-state index contributed by atoms with van der Waals surface area (Å²) in [6.45, 7) is 0.118. The third-order valence-corrected chi connectivity index (χ3v) is 8.89. The molecule has 2 heterocycles. The molecule has 0 aliphatic carbocycles. The van der Waals surface area contributed by atoms with Crippen molar-refractivity contribution < 1.29 is 24.1 Å². The third-order valence-electron chi connectivity index (χ3n) is 7.35. The van der Waals surface area contributed by atoms with Gasteiger partial charge in [0.25, 0.3) is 5.56 Å². The zero-order chi connectivity index (χ0) is 29.0. The van der Waals surface area contributed by atoms with Crippen LogP contribution in [0, 0.1) is 0 Å². The van der Waals surface area contributed by atoms with Gasteiger partial charge in [-0.1, -0.05) is 54.6 Å². The molecule has 0 spiro atoms. The molecular weight excluding hydrogens is 544 g/mol. The Morgan fingerprint density at radius 1 is 0.829 bits per heavy atom. The first-order valence-electron chi connectivity index (χ1n) is 13.1. The Kier molecular flexibility index (Phi) is 8.65. The summed E-state index contributed by atoms with van der Waals surface area (Å²) in [6, 6.07) is 26.6. The first kappa shape index (κ1) is 28.7. The molecular formula is C31H32N2O7S. The van der Waals surface area contributed by atoms with Gasteiger partial charge in [0.15, 0.2) is 0 Å². The van der Waals surface area contributed by atoms with Crippen LogP contribution in [0.25, 0.3) is 0 Å². The van der Waals surface area contributed by atoms with Crippen LogP contribution < -0.4 is 20.7 Å². The van der Waals surface area contributed by atoms with E-state index in [9.17, 15) is 14.7 Å². The number of benzene rings is 3. The fourth-order valence-corrected chi connectivity index (χ4v) is 6.79. The van der Waals surface area contributed by atoms with Crippen molar-refractivity contribution in [3.8, 4) is 11.5 Å². The van der Waals surface area contributed by atoms with Gasteiger partial charge in [-0.25, -0.2) is 4.79 Å². The van der Waals surface area contributed by atoms with E-state index in [4.69, 9.17) is 18.9 Å². The summed E-state index contributed by atoms with van der Waals surface area (Å²) < 4.78 is 24.8. The van der Waals surface area contributed by atoms with Crippen molar-refractivity contribution in [1.82, 2.24) is 9.55 Å². The van der Waals surface area contributed by atoms with E-state index < -0.39 is 39.7 Å². The third kappa shape index (κ3) is 5.56. The second kappa shape index (κ2) is 12.4. The largest absolute Gasteiger partial charge is 0.497 e. The maximum absolute atomic E-state index is 12.6. The zero-order valence-corrected chi connectivity index (χ0v) is 23.7. The second-order valence-electron chi connectivity index (χ2n) is 9.59. The molecule has 0 amide bonds. The SMILES string of the molecule is COc1ccc(C(OC[C@@H]2S[C@@H](n3ccc(=O)[nH]c3=O)C(OC)C2O)(c2ccccc2)c2ccc(OC)cc2)cc1. The number of aliphatic hydroxyl groups excluding tert-OH is 1. The van der Waals surface area contributed by atoms with Crippen molar-refractivity contribution in [3.05, 3.63) is 129 Å². The molecule has 0 bridgehead atoms. The van der Waals surface area contributed by atoms with Crippen LogP contribution >= 0.6 is 11.8 Å². The van der Waals surface area contributed by atoms with Crippen molar-refractivity contribution >= 4 is 11.8 Å². The lowest BCUT2D eigenvalue weighted by Crippen LogP contribution is -2.40. The summed E-state index contributed by atoms with van der Waals surface area (Å²) in [5, 5.41) is 10.3. The van der Waals surface area contributed by atoms with E-state index in [-0.39, 0.29) is 6.61 Å². The highest BCUT2D eigenvalue weighted by Crippen LogP contribution is 2.46. The van der Waals surface area contributed by atoms with E-state index in [0.29, 0.717) is 11.5 Å². The van der Waals surface area contributed by atoms with Crippen LogP contribution in [0.5, 0.6) is 11.5 Å². The number of hydrogen-bond donors (Lipinski definition) is 2. The van der Waals surface area contributed by atoms with Crippen LogP contribution in [0.3, 0.4) is 0 Å². The molecule has 4 atom stereocenters. The van der Waals surface area contributed by atoms with Crippen molar-refractivity contribution in [1.29, 1.82) is 0 Å². The molecule has 0 saturated carbocycles. The lowest BCUT2D eigenvalue weighted by atomic mass is 9.80. The van der Waals surface area contributed by atoms with Gasteiger partial charge in [0.1, 0.15) is 28.6 Å². The summed E-state index contributed by atoms with van der Waals surface area (Å²) in [6.07, 6.45) is -0.233. The van der Waals surface area contributed by atoms with Gasteiger partial charge in [0.05, 0.1) is 32.2 Å². The summed E-state index contributed by atoms with van der Waals surface area (Å²) in [5.74, 6) is 1.42. The normalized spacial score (nSPS) is 20.6. The Bertz CT molecular complexity index is 1510. The Hall–Kier alpha value is -3.83. The number of aromatic amines is 1. The lowest BCUT2D eigenvalue weighted by molar-refractivity contribution is -0.0414. The predicted octanol–water partition coefficient (Wildman–Crippen LogP) is 3.55. The number of aliphatic hydroxyl groups is 1. The Labute approximate surface area is 241 Å². The molecule has 1 fully saturated rings. The molecule has 3 aromatic carbocycles. The minimum atomic E-state index is -1.06. The standard InChI is InChI=1S/C31H32N2O7S/c1-37-23-13-9-21(10-14-23)31(20-7-5-4-6-8-20,22-11-15-24(38-2)16-12-22)40-19-25-27(35)28(39-3)29(41-25)33-18-17-26(34)32-30(33)36/h4-18,25,27-29,35H,19H2,1-3H3,(H,32,34,36)/t25-,27?,28?,29+/m0/s1. The molecule has 4 aromatic rings. The van der Waals surface area contributed by atoms with Crippen LogP contribution in [0.4, 0.5) is 0 Å². The molecule has 5 rings (SSSR count). The van der Waals surface area contributed by atoms with Gasteiger partial charge in [0.2, 0.25) is 0 Å². The van der Waals surface area contributed by atoms with Gasteiger partial charge in [-0.15, -0.1) is 11.8 Å². The average Bonchev–Trinajstić information content (AvgIpc) is 3.33. The molecule has 0 radical (unpaired) electrons.